The second-order valence-electron chi connectivity index (χ2n) is 9.80. The highest BCUT2D eigenvalue weighted by Gasteiger charge is 2.26. The van der Waals surface area contributed by atoms with Gasteiger partial charge in [-0.05, 0) is 77.2 Å². The van der Waals surface area contributed by atoms with E-state index in [4.69, 9.17) is 0 Å². The fourth-order valence-corrected chi connectivity index (χ4v) is 5.08. The number of tetrazole rings is 1. The summed E-state index contributed by atoms with van der Waals surface area (Å²) in [6.07, 6.45) is 0.736. The van der Waals surface area contributed by atoms with E-state index in [1.54, 1.807) is 16.8 Å². The third-order valence-electron chi connectivity index (χ3n) is 6.92. The summed E-state index contributed by atoms with van der Waals surface area (Å²) in [6, 6.07) is 22.5. The highest BCUT2D eigenvalue weighted by molar-refractivity contribution is 5.83. The van der Waals surface area contributed by atoms with Crippen molar-refractivity contribution in [3.63, 3.8) is 0 Å². The molecule has 0 aliphatic carbocycles. The lowest BCUT2D eigenvalue weighted by atomic mass is 10.0. The van der Waals surface area contributed by atoms with Gasteiger partial charge in [0.25, 0.3) is 5.56 Å². The van der Waals surface area contributed by atoms with Crippen molar-refractivity contribution in [1.82, 2.24) is 30.1 Å². The van der Waals surface area contributed by atoms with Crippen molar-refractivity contribution in [1.29, 1.82) is 0 Å². The monoisotopic (exact) mass is 510 g/mol. The van der Waals surface area contributed by atoms with Gasteiger partial charge in [-0.3, -0.25) is 9.69 Å². The van der Waals surface area contributed by atoms with Crippen LogP contribution >= 0.6 is 0 Å². The van der Waals surface area contributed by atoms with Crippen LogP contribution < -0.4 is 5.56 Å². The standard InChI is InChI=1S/C30H31FN6O/c1-4-28(29-33-34-35-37(29)18-23-10-12-25(31)13-11-23)36(17-22-8-6-5-7-9-22)19-24-16-26-21(3)14-20(2)15-27(26)32-30(24)38/h5-16,28H,4,17-19H2,1-3H3,(H,32,38)/t28-/m1/s1. The predicted molar refractivity (Wildman–Crippen MR) is 146 cm³/mol. The van der Waals surface area contributed by atoms with Crippen LogP contribution in [0.15, 0.2) is 77.6 Å². The first-order valence-electron chi connectivity index (χ1n) is 12.8. The molecule has 0 radical (unpaired) electrons. The lowest BCUT2D eigenvalue weighted by molar-refractivity contribution is 0.161. The molecule has 0 aliphatic heterocycles. The maximum absolute atomic E-state index is 13.4. The van der Waals surface area contributed by atoms with Gasteiger partial charge in [-0.15, -0.1) is 5.10 Å². The van der Waals surface area contributed by atoms with Gasteiger partial charge < -0.3 is 4.98 Å². The number of rotatable bonds is 9. The van der Waals surface area contributed by atoms with E-state index in [0.29, 0.717) is 31.0 Å². The molecule has 0 saturated heterocycles. The van der Waals surface area contributed by atoms with Crippen molar-refractivity contribution in [3.8, 4) is 0 Å². The summed E-state index contributed by atoms with van der Waals surface area (Å²) in [7, 11) is 0. The van der Waals surface area contributed by atoms with Crippen LogP contribution in [0.5, 0.6) is 0 Å². The molecule has 3 aromatic carbocycles. The number of halogens is 1. The number of aryl methyl sites for hydroxylation is 2. The Hall–Kier alpha value is -4.17. The van der Waals surface area contributed by atoms with Gasteiger partial charge in [0.2, 0.25) is 0 Å². The van der Waals surface area contributed by atoms with Gasteiger partial charge in [-0.1, -0.05) is 55.5 Å². The summed E-state index contributed by atoms with van der Waals surface area (Å²) in [5.41, 5.74) is 5.72. The Morgan fingerprint density at radius 1 is 0.974 bits per heavy atom. The Kier molecular flexibility index (Phi) is 7.42. The topological polar surface area (TPSA) is 79.7 Å². The zero-order valence-electron chi connectivity index (χ0n) is 21.9. The number of nitrogens with one attached hydrogen (secondary N) is 1. The molecule has 0 spiro atoms. The van der Waals surface area contributed by atoms with Crippen LogP contribution in [0.2, 0.25) is 0 Å². The molecule has 5 aromatic rings. The van der Waals surface area contributed by atoms with Crippen LogP contribution in [0, 0.1) is 19.7 Å². The molecule has 0 fully saturated rings. The molecule has 8 heteroatoms. The summed E-state index contributed by atoms with van der Waals surface area (Å²) in [5, 5.41) is 13.7. The van der Waals surface area contributed by atoms with E-state index in [0.717, 1.165) is 39.6 Å². The van der Waals surface area contributed by atoms with E-state index in [1.807, 2.05) is 37.3 Å². The van der Waals surface area contributed by atoms with E-state index in [9.17, 15) is 9.18 Å². The SMILES string of the molecule is CC[C@H](c1nnnn1Cc1ccc(F)cc1)N(Cc1ccccc1)Cc1cc2c(C)cc(C)cc2[nH]c1=O. The number of benzene rings is 3. The Morgan fingerprint density at radius 2 is 1.74 bits per heavy atom. The number of fused-ring (bicyclic) bond motifs is 1. The minimum atomic E-state index is -0.280. The molecule has 0 saturated carbocycles. The zero-order valence-corrected chi connectivity index (χ0v) is 21.9. The smallest absolute Gasteiger partial charge is 0.252 e. The van der Waals surface area contributed by atoms with E-state index in [1.165, 1.54) is 12.1 Å². The van der Waals surface area contributed by atoms with Crippen molar-refractivity contribution >= 4 is 10.9 Å². The summed E-state index contributed by atoms with van der Waals surface area (Å²) >= 11 is 0. The number of hydrogen-bond acceptors (Lipinski definition) is 5. The molecular formula is C30H31FN6O. The van der Waals surface area contributed by atoms with E-state index in [-0.39, 0.29) is 17.4 Å². The molecule has 0 amide bonds. The van der Waals surface area contributed by atoms with Gasteiger partial charge in [-0.2, -0.15) is 0 Å². The average molecular weight is 511 g/mol. The third kappa shape index (κ3) is 5.55. The molecule has 0 aliphatic rings. The average Bonchev–Trinajstić information content (AvgIpc) is 3.35. The Balaban J connectivity index is 1.52. The largest absolute Gasteiger partial charge is 0.322 e. The van der Waals surface area contributed by atoms with Gasteiger partial charge >= 0.3 is 0 Å². The number of pyridine rings is 1. The van der Waals surface area contributed by atoms with Crippen molar-refractivity contribution in [2.24, 2.45) is 0 Å². The van der Waals surface area contributed by atoms with Crippen LogP contribution in [0.1, 0.15) is 53.0 Å². The first kappa shape index (κ1) is 25.5. The second kappa shape index (κ2) is 11.1. The minimum absolute atomic E-state index is 0.0960. The molecule has 5 rings (SSSR count). The van der Waals surface area contributed by atoms with E-state index in [2.05, 4.69) is 57.5 Å². The number of H-pyrrole nitrogens is 1. The van der Waals surface area contributed by atoms with Crippen LogP contribution in [0.4, 0.5) is 4.39 Å². The Morgan fingerprint density at radius 3 is 2.47 bits per heavy atom. The van der Waals surface area contributed by atoms with Gasteiger partial charge in [-0.25, -0.2) is 9.07 Å². The van der Waals surface area contributed by atoms with Crippen LogP contribution in [-0.2, 0) is 19.6 Å². The molecular weight excluding hydrogens is 479 g/mol. The number of aromatic amines is 1. The lowest BCUT2D eigenvalue weighted by Crippen LogP contribution is -2.32. The maximum Gasteiger partial charge on any atom is 0.252 e. The van der Waals surface area contributed by atoms with Crippen LogP contribution in [0.3, 0.4) is 0 Å². The number of aromatic nitrogens is 5. The summed E-state index contributed by atoms with van der Waals surface area (Å²) < 4.78 is 15.2. The minimum Gasteiger partial charge on any atom is -0.322 e. The first-order valence-corrected chi connectivity index (χ1v) is 12.8. The normalized spacial score (nSPS) is 12.3. The molecule has 0 bridgehead atoms. The number of nitrogens with zero attached hydrogens (tertiary/aromatic N) is 5. The molecule has 194 valence electrons. The van der Waals surface area contributed by atoms with Gasteiger partial charge in [0.15, 0.2) is 5.82 Å². The fraction of sp³-hybridized carbons (Fsp3) is 0.267. The lowest BCUT2D eigenvalue weighted by Gasteiger charge is -2.30. The van der Waals surface area contributed by atoms with E-state index < -0.39 is 0 Å². The summed E-state index contributed by atoms with van der Waals surface area (Å²) in [5.74, 6) is 0.425. The second-order valence-corrected chi connectivity index (χ2v) is 9.80. The zero-order chi connectivity index (χ0) is 26.6. The first-order chi connectivity index (χ1) is 18.4. The highest BCUT2D eigenvalue weighted by Crippen LogP contribution is 2.27. The van der Waals surface area contributed by atoms with Crippen LogP contribution in [-0.4, -0.2) is 30.1 Å². The van der Waals surface area contributed by atoms with Gasteiger partial charge in [0.05, 0.1) is 12.6 Å². The molecule has 2 aromatic heterocycles. The van der Waals surface area contributed by atoms with Crippen molar-refractivity contribution in [2.45, 2.75) is 52.9 Å². The molecule has 7 nitrogen and oxygen atoms in total. The molecule has 2 heterocycles. The van der Waals surface area contributed by atoms with Crippen molar-refractivity contribution < 1.29 is 4.39 Å². The van der Waals surface area contributed by atoms with Crippen molar-refractivity contribution in [2.75, 3.05) is 0 Å². The van der Waals surface area contributed by atoms with Crippen molar-refractivity contribution in [3.05, 3.63) is 123 Å². The Labute approximate surface area is 220 Å². The maximum atomic E-state index is 13.4. The molecule has 1 N–H and O–H groups in total. The van der Waals surface area contributed by atoms with Crippen LogP contribution in [0.25, 0.3) is 10.9 Å². The number of hydrogen-bond donors (Lipinski definition) is 1. The Bertz CT molecular complexity index is 1590. The summed E-state index contributed by atoms with van der Waals surface area (Å²) in [4.78, 5) is 18.6. The third-order valence-corrected chi connectivity index (χ3v) is 6.92. The van der Waals surface area contributed by atoms with Gasteiger partial charge in [0.1, 0.15) is 5.82 Å². The summed E-state index contributed by atoms with van der Waals surface area (Å²) in [6.45, 7) is 7.66. The quantitative estimate of drug-likeness (QED) is 0.284. The molecule has 0 unspecified atom stereocenters. The molecule has 1 atom stereocenters. The van der Waals surface area contributed by atoms with E-state index >= 15 is 0 Å². The fourth-order valence-electron chi connectivity index (χ4n) is 5.08. The van der Waals surface area contributed by atoms with Gasteiger partial charge in [0, 0.05) is 29.6 Å². The predicted octanol–water partition coefficient (Wildman–Crippen LogP) is 5.47. The molecule has 38 heavy (non-hydrogen) atoms. The highest BCUT2D eigenvalue weighted by atomic mass is 19.1.